The Balaban J connectivity index is 1.70. The predicted octanol–water partition coefficient (Wildman–Crippen LogP) is 2.20. The van der Waals surface area contributed by atoms with Crippen LogP contribution in [0.1, 0.15) is 0 Å². The molecule has 0 bridgehead atoms. The van der Waals surface area contributed by atoms with E-state index in [1.807, 2.05) is 30.3 Å². The molecule has 4 rings (SSSR count). The molecule has 0 spiro atoms. The molecular weight excluding hydrogens is 336 g/mol. The summed E-state index contributed by atoms with van der Waals surface area (Å²) in [5, 5.41) is 9.54. The smallest absolute Gasteiger partial charge is 0.263 e. The fraction of sp³-hybridized carbons (Fsp3) is 0.222. The van der Waals surface area contributed by atoms with E-state index in [1.54, 1.807) is 18.2 Å². The minimum absolute atomic E-state index is 0.374. The van der Waals surface area contributed by atoms with Crippen molar-refractivity contribution in [3.63, 3.8) is 0 Å². The van der Waals surface area contributed by atoms with E-state index in [2.05, 4.69) is 10.3 Å². The number of hydrogen-bond donors (Lipinski definition) is 0. The Morgan fingerprint density at radius 1 is 0.885 bits per heavy atom. The Hall–Kier alpha value is -3.42. The molecule has 2 amide bonds. The number of rotatable bonds is 4. The molecule has 1 fully saturated rings. The van der Waals surface area contributed by atoms with Crippen LogP contribution < -0.4 is 19.4 Å². The summed E-state index contributed by atoms with van der Waals surface area (Å²) >= 11 is 0. The van der Waals surface area contributed by atoms with E-state index < -0.39 is 18.0 Å². The highest BCUT2D eigenvalue weighted by atomic mass is 16.5. The molecule has 2 atom stereocenters. The van der Waals surface area contributed by atoms with E-state index in [0.29, 0.717) is 22.9 Å². The van der Waals surface area contributed by atoms with E-state index in [4.69, 9.17) is 9.47 Å². The number of para-hydroxylation sites is 1. The summed E-state index contributed by atoms with van der Waals surface area (Å²) in [4.78, 5) is 26.9. The summed E-state index contributed by atoms with van der Waals surface area (Å²) in [5.74, 6) is 0.167. The average molecular weight is 352 g/mol. The van der Waals surface area contributed by atoms with Gasteiger partial charge in [0.1, 0.15) is 0 Å². The first-order valence-corrected chi connectivity index (χ1v) is 8.00. The summed E-state index contributed by atoms with van der Waals surface area (Å²) in [7, 11) is 3.02. The van der Waals surface area contributed by atoms with E-state index >= 15 is 0 Å². The van der Waals surface area contributed by atoms with Gasteiger partial charge < -0.3 is 9.47 Å². The predicted molar refractivity (Wildman–Crippen MR) is 93.4 cm³/mol. The highest BCUT2D eigenvalue weighted by Crippen LogP contribution is 2.37. The Morgan fingerprint density at radius 2 is 1.62 bits per heavy atom. The van der Waals surface area contributed by atoms with Gasteiger partial charge in [-0.3, -0.25) is 9.59 Å². The summed E-state index contributed by atoms with van der Waals surface area (Å²) in [5.41, 5.74) is 1.12. The quantitative estimate of drug-likeness (QED) is 0.788. The molecule has 2 heterocycles. The number of nitrogens with zero attached hydrogens (tertiary/aromatic N) is 4. The summed E-state index contributed by atoms with van der Waals surface area (Å²) < 4.78 is 10.5. The van der Waals surface area contributed by atoms with E-state index in [1.165, 1.54) is 19.2 Å². The maximum absolute atomic E-state index is 13.0. The fourth-order valence-electron chi connectivity index (χ4n) is 3.17. The van der Waals surface area contributed by atoms with E-state index in [9.17, 15) is 9.59 Å². The Morgan fingerprint density at radius 3 is 2.31 bits per heavy atom. The molecule has 8 heteroatoms. The molecule has 2 aliphatic rings. The highest BCUT2D eigenvalue weighted by molar-refractivity contribution is 6.26. The maximum atomic E-state index is 13.0. The standard InChI is InChI=1S/C18H16N4O4/c1-25-13-9-8-12(10-14(13)26-2)21-17(23)15-16(18(21)24)22(20-19-15)11-6-4-3-5-7-11/h3-10,15-16H,1-2H3/t15-,16-/m1/s1. The molecule has 0 N–H and O–H groups in total. The summed E-state index contributed by atoms with van der Waals surface area (Å²) in [6.07, 6.45) is 0. The van der Waals surface area contributed by atoms with Crippen LogP contribution in [0.25, 0.3) is 0 Å². The maximum Gasteiger partial charge on any atom is 0.263 e. The summed E-state index contributed by atoms with van der Waals surface area (Å²) in [6, 6.07) is 12.4. The number of ether oxygens (including phenoxy) is 2. The van der Waals surface area contributed by atoms with Gasteiger partial charge in [-0.15, -0.1) is 0 Å². The number of anilines is 2. The number of imide groups is 1. The zero-order valence-electron chi connectivity index (χ0n) is 14.2. The van der Waals surface area contributed by atoms with Crippen molar-refractivity contribution in [1.29, 1.82) is 0 Å². The van der Waals surface area contributed by atoms with Crippen LogP contribution in [-0.4, -0.2) is 38.1 Å². The van der Waals surface area contributed by atoms with Crippen molar-refractivity contribution in [2.45, 2.75) is 12.1 Å². The molecule has 0 radical (unpaired) electrons. The third kappa shape index (κ3) is 2.30. The molecule has 132 valence electrons. The van der Waals surface area contributed by atoms with Gasteiger partial charge in [0.05, 0.1) is 25.6 Å². The van der Waals surface area contributed by atoms with Gasteiger partial charge in [-0.1, -0.05) is 23.4 Å². The number of carbonyl (C=O) groups is 2. The first-order valence-electron chi connectivity index (χ1n) is 8.00. The van der Waals surface area contributed by atoms with Crippen LogP contribution in [-0.2, 0) is 9.59 Å². The molecule has 26 heavy (non-hydrogen) atoms. The van der Waals surface area contributed by atoms with Crippen molar-refractivity contribution in [1.82, 2.24) is 0 Å². The number of hydrogen-bond acceptors (Lipinski definition) is 7. The van der Waals surface area contributed by atoms with Gasteiger partial charge >= 0.3 is 0 Å². The largest absolute Gasteiger partial charge is 0.493 e. The van der Waals surface area contributed by atoms with Crippen LogP contribution in [0, 0.1) is 0 Å². The Kier molecular flexibility index (Phi) is 3.80. The SMILES string of the molecule is COc1ccc(N2C(=O)[C@@H]3N=NN(c4ccccc4)[C@H]3C2=O)cc1OC. The van der Waals surface area contributed by atoms with Gasteiger partial charge in [0.25, 0.3) is 11.8 Å². The molecule has 2 aliphatic heterocycles. The molecule has 0 aromatic heterocycles. The van der Waals surface area contributed by atoms with Gasteiger partial charge in [-0.25, -0.2) is 9.91 Å². The normalized spacial score (nSPS) is 21.3. The van der Waals surface area contributed by atoms with Crippen molar-refractivity contribution < 1.29 is 19.1 Å². The third-order valence-corrected chi connectivity index (χ3v) is 4.43. The second-order valence-electron chi connectivity index (χ2n) is 5.83. The second kappa shape index (κ2) is 6.14. The molecule has 0 aliphatic carbocycles. The highest BCUT2D eigenvalue weighted by Gasteiger charge is 2.55. The van der Waals surface area contributed by atoms with Crippen molar-refractivity contribution >= 4 is 23.2 Å². The number of amides is 2. The van der Waals surface area contributed by atoms with Gasteiger partial charge in [0.15, 0.2) is 23.6 Å². The fourth-order valence-corrected chi connectivity index (χ4v) is 3.17. The zero-order valence-corrected chi connectivity index (χ0v) is 14.2. The van der Waals surface area contributed by atoms with Gasteiger partial charge in [-0.05, 0) is 24.3 Å². The number of fused-ring (bicyclic) bond motifs is 1. The third-order valence-electron chi connectivity index (χ3n) is 4.43. The first-order chi connectivity index (χ1) is 12.7. The van der Waals surface area contributed by atoms with Crippen LogP contribution in [0.5, 0.6) is 11.5 Å². The lowest BCUT2D eigenvalue weighted by Crippen LogP contribution is -2.39. The van der Waals surface area contributed by atoms with Crippen LogP contribution in [0.4, 0.5) is 11.4 Å². The van der Waals surface area contributed by atoms with E-state index in [0.717, 1.165) is 4.90 Å². The molecule has 2 aromatic rings. The minimum Gasteiger partial charge on any atom is -0.493 e. The van der Waals surface area contributed by atoms with Crippen LogP contribution in [0.15, 0.2) is 58.9 Å². The topological polar surface area (TPSA) is 83.8 Å². The number of carbonyl (C=O) groups excluding carboxylic acids is 2. The summed E-state index contributed by atoms with van der Waals surface area (Å²) in [6.45, 7) is 0. The second-order valence-corrected chi connectivity index (χ2v) is 5.83. The van der Waals surface area contributed by atoms with Gasteiger partial charge in [-0.2, -0.15) is 5.11 Å². The molecule has 1 saturated heterocycles. The zero-order chi connectivity index (χ0) is 18.3. The van der Waals surface area contributed by atoms with Crippen molar-refractivity contribution in [3.8, 4) is 11.5 Å². The Bertz CT molecular complexity index is 899. The van der Waals surface area contributed by atoms with Gasteiger partial charge in [0.2, 0.25) is 0 Å². The lowest BCUT2D eigenvalue weighted by molar-refractivity contribution is -0.121. The van der Waals surface area contributed by atoms with Crippen LogP contribution >= 0.6 is 0 Å². The Labute approximate surface area is 149 Å². The first kappa shape index (κ1) is 16.1. The average Bonchev–Trinajstić information content (AvgIpc) is 3.22. The van der Waals surface area contributed by atoms with Gasteiger partial charge in [0, 0.05) is 6.07 Å². The van der Waals surface area contributed by atoms with Crippen LogP contribution in [0.3, 0.4) is 0 Å². The lowest BCUT2D eigenvalue weighted by Gasteiger charge is -2.21. The molecule has 0 saturated carbocycles. The lowest BCUT2D eigenvalue weighted by atomic mass is 10.1. The van der Waals surface area contributed by atoms with Crippen LogP contribution in [0.2, 0.25) is 0 Å². The van der Waals surface area contributed by atoms with Crippen molar-refractivity contribution in [2.75, 3.05) is 24.1 Å². The molecular formula is C18H16N4O4. The monoisotopic (exact) mass is 352 g/mol. The number of methoxy groups -OCH3 is 2. The molecule has 0 unspecified atom stereocenters. The number of benzene rings is 2. The molecule has 2 aromatic carbocycles. The molecule has 8 nitrogen and oxygen atoms in total. The van der Waals surface area contributed by atoms with E-state index in [-0.39, 0.29) is 5.91 Å². The van der Waals surface area contributed by atoms with Crippen molar-refractivity contribution in [2.24, 2.45) is 10.3 Å². The minimum atomic E-state index is -0.851. The van der Waals surface area contributed by atoms with Crippen molar-refractivity contribution in [3.05, 3.63) is 48.5 Å².